The van der Waals surface area contributed by atoms with Gasteiger partial charge in [-0.2, -0.15) is 0 Å². The van der Waals surface area contributed by atoms with E-state index < -0.39 is 0 Å². The molecule has 1 atom stereocenters. The lowest BCUT2D eigenvalue weighted by atomic mass is 10.5. The predicted octanol–water partition coefficient (Wildman–Crippen LogP) is -0.0608. The molecule has 0 fully saturated rings. The van der Waals surface area contributed by atoms with Crippen LogP contribution in [0, 0.1) is 6.92 Å². The van der Waals surface area contributed by atoms with Crippen LogP contribution in [0.25, 0.3) is 0 Å². The van der Waals surface area contributed by atoms with Crippen molar-refractivity contribution in [1.29, 1.82) is 0 Å². The van der Waals surface area contributed by atoms with Crippen LogP contribution in [0.2, 0.25) is 0 Å². The van der Waals surface area contributed by atoms with Crippen LogP contribution >= 0.6 is 0 Å². The quantitative estimate of drug-likeness (QED) is 0.419. The Hall–Kier alpha value is 0.726. The molecule has 0 rings (SSSR count). The van der Waals surface area contributed by atoms with Crippen LogP contribution < -0.4 is 0 Å². The van der Waals surface area contributed by atoms with E-state index in [0.717, 1.165) is 0 Å². The molecule has 6 heavy (non-hydrogen) atoms. The second-order valence-corrected chi connectivity index (χ2v) is 1.05. The van der Waals surface area contributed by atoms with Crippen LogP contribution in [-0.2, 0) is 4.74 Å². The zero-order valence-corrected chi connectivity index (χ0v) is 3.69. The van der Waals surface area contributed by atoms with Crippen molar-refractivity contribution in [1.82, 2.24) is 0 Å². The number of ether oxygens (including phenoxy) is 1. The van der Waals surface area contributed by atoms with E-state index in [2.05, 4.69) is 11.7 Å². The van der Waals surface area contributed by atoms with Crippen LogP contribution in [0.1, 0.15) is 6.92 Å². The summed E-state index contributed by atoms with van der Waals surface area (Å²) in [6.45, 7) is 5.42. The smallest absolute Gasteiger partial charge is 0.316 e. The van der Waals surface area contributed by atoms with Gasteiger partial charge in [0.1, 0.15) is 0 Å². The van der Waals surface area contributed by atoms with E-state index in [1.165, 1.54) is 0 Å². The molecule has 0 heterocycles. The van der Waals surface area contributed by atoms with Gasteiger partial charge in [0, 0.05) is 7.11 Å². The highest BCUT2D eigenvalue weighted by molar-refractivity contribution is 5.75. The van der Waals surface area contributed by atoms with Crippen LogP contribution in [0.5, 0.6) is 0 Å². The Bertz CT molecular complexity index is 21.5. The van der Waals surface area contributed by atoms with Crippen molar-refractivity contribution < 1.29 is 4.74 Å². The normalized spacial score (nSPS) is 8.00. The van der Waals surface area contributed by atoms with Crippen LogP contribution in [-0.4, -0.2) is 36.3 Å². The van der Waals surface area contributed by atoms with E-state index in [0.29, 0.717) is 0 Å². The third kappa shape index (κ3) is 8.83. The molecule has 0 spiro atoms. The van der Waals surface area contributed by atoms with Crippen molar-refractivity contribution in [3.63, 3.8) is 0 Å². The minimum absolute atomic E-state index is 0. The first-order valence-electron chi connectivity index (χ1n) is 1.63. The second kappa shape index (κ2) is 5.73. The molecular formula is C4H11MgO. The summed E-state index contributed by atoms with van der Waals surface area (Å²) in [5.41, 5.74) is 0. The maximum absolute atomic E-state index is 4.64. The van der Waals surface area contributed by atoms with E-state index in [9.17, 15) is 0 Å². The molecule has 0 aromatic rings. The first-order valence-corrected chi connectivity index (χ1v) is 1.63. The molecule has 0 bridgehead atoms. The maximum Gasteiger partial charge on any atom is 0.316 e. The average Bonchev–Trinajstić information content (AvgIpc) is 1.38. The van der Waals surface area contributed by atoms with E-state index in [1.807, 2.05) is 6.92 Å². The van der Waals surface area contributed by atoms with Gasteiger partial charge >= 0.3 is 23.1 Å². The minimum atomic E-state index is 0. The molecule has 0 aromatic carbocycles. The van der Waals surface area contributed by atoms with Crippen molar-refractivity contribution in [2.24, 2.45) is 0 Å². The van der Waals surface area contributed by atoms with Gasteiger partial charge in [-0.05, 0) is 13.8 Å². The summed E-state index contributed by atoms with van der Waals surface area (Å²) in [5.74, 6) is 0. The average molecular weight is 99.4 g/mol. The van der Waals surface area contributed by atoms with Crippen LogP contribution in [0.15, 0.2) is 0 Å². The van der Waals surface area contributed by atoms with Gasteiger partial charge in [0.25, 0.3) is 0 Å². The van der Waals surface area contributed by atoms with Crippen molar-refractivity contribution >= 4 is 23.1 Å². The molecule has 1 radical (unpaired) electrons. The first kappa shape index (κ1) is 9.87. The molecule has 0 aliphatic rings. The molecule has 35 valence electrons. The number of methoxy groups -OCH3 is 1. The lowest BCUT2D eigenvalue weighted by Crippen LogP contribution is -1.94. The molecule has 0 aliphatic carbocycles. The Morgan fingerprint density at radius 2 is 1.83 bits per heavy atom. The summed E-state index contributed by atoms with van der Waals surface area (Å²) in [5, 5.41) is 0. The third-order valence-corrected chi connectivity index (χ3v) is 0.402. The van der Waals surface area contributed by atoms with E-state index in [4.69, 9.17) is 0 Å². The third-order valence-electron chi connectivity index (χ3n) is 0.402. The zero-order chi connectivity index (χ0) is 4.28. The summed E-state index contributed by atoms with van der Waals surface area (Å²) in [6, 6.07) is 0. The van der Waals surface area contributed by atoms with Crippen LogP contribution in [0.4, 0.5) is 0 Å². The van der Waals surface area contributed by atoms with Crippen molar-refractivity contribution in [3.8, 4) is 0 Å². The number of rotatable bonds is 1. The summed E-state index contributed by atoms with van der Waals surface area (Å²) >= 11 is 0. The topological polar surface area (TPSA) is 9.23 Å². The molecule has 2 heteroatoms. The fourth-order valence-corrected chi connectivity index (χ4v) is 0. The molecule has 1 unspecified atom stereocenters. The summed E-state index contributed by atoms with van der Waals surface area (Å²) in [6.07, 6.45) is 0.134. The minimum Gasteiger partial charge on any atom is -0.382 e. The Morgan fingerprint density at radius 1 is 1.67 bits per heavy atom. The van der Waals surface area contributed by atoms with E-state index in [1.54, 1.807) is 7.11 Å². The summed E-state index contributed by atoms with van der Waals surface area (Å²) in [7, 11) is 1.64. The number of hydrogen-bond acceptors (Lipinski definition) is 1. The molecule has 0 N–H and O–H groups in total. The van der Waals surface area contributed by atoms with Gasteiger partial charge < -0.3 is 4.74 Å². The Kier molecular flexibility index (Phi) is 9.42. The van der Waals surface area contributed by atoms with E-state index in [-0.39, 0.29) is 29.2 Å². The van der Waals surface area contributed by atoms with Crippen LogP contribution in [0.3, 0.4) is 0 Å². The standard InChI is InChI=1S/C4H9O.Mg.2H/c1-4(2)5-3;;;/h4H,1H2,2-3H3;;;. The number of hydrogen-bond donors (Lipinski definition) is 0. The van der Waals surface area contributed by atoms with Gasteiger partial charge in [0.15, 0.2) is 0 Å². The molecule has 1 nitrogen and oxygen atoms in total. The Morgan fingerprint density at radius 3 is 1.83 bits per heavy atom. The molecule has 0 saturated heterocycles. The maximum atomic E-state index is 4.64. The SMILES string of the molecule is [CH2]C(C)OC.[MgH2]. The Labute approximate surface area is 55.2 Å². The van der Waals surface area contributed by atoms with Gasteiger partial charge in [-0.1, -0.05) is 0 Å². The highest BCUT2D eigenvalue weighted by Crippen LogP contribution is 1.76. The monoisotopic (exact) mass is 99.1 g/mol. The molecule has 0 aliphatic heterocycles. The van der Waals surface area contributed by atoms with Crippen molar-refractivity contribution in [2.75, 3.05) is 7.11 Å². The van der Waals surface area contributed by atoms with Gasteiger partial charge in [0.05, 0.1) is 6.10 Å². The van der Waals surface area contributed by atoms with Gasteiger partial charge in [0.2, 0.25) is 0 Å². The van der Waals surface area contributed by atoms with Gasteiger partial charge in [-0.25, -0.2) is 0 Å². The van der Waals surface area contributed by atoms with Gasteiger partial charge in [-0.3, -0.25) is 0 Å². The summed E-state index contributed by atoms with van der Waals surface area (Å²) in [4.78, 5) is 0. The molecular weight excluding hydrogens is 88.3 g/mol. The predicted molar refractivity (Wildman–Crippen MR) is 30.4 cm³/mol. The largest absolute Gasteiger partial charge is 0.382 e. The fraction of sp³-hybridized carbons (Fsp3) is 0.750. The highest BCUT2D eigenvalue weighted by Gasteiger charge is 1.79. The Balaban J connectivity index is 0. The van der Waals surface area contributed by atoms with Crippen molar-refractivity contribution in [2.45, 2.75) is 13.0 Å². The second-order valence-electron chi connectivity index (χ2n) is 1.05. The van der Waals surface area contributed by atoms with Gasteiger partial charge in [-0.15, -0.1) is 0 Å². The highest BCUT2D eigenvalue weighted by atomic mass is 24.3. The first-order chi connectivity index (χ1) is 2.27. The molecule has 0 saturated carbocycles. The lowest BCUT2D eigenvalue weighted by molar-refractivity contribution is 0.154. The van der Waals surface area contributed by atoms with E-state index >= 15 is 0 Å². The molecule has 0 aromatic heterocycles. The molecule has 0 amide bonds. The zero-order valence-electron chi connectivity index (χ0n) is 3.69. The summed E-state index contributed by atoms with van der Waals surface area (Å²) < 4.78 is 4.64. The lowest BCUT2D eigenvalue weighted by Gasteiger charge is -1.94. The fourth-order valence-electron chi connectivity index (χ4n) is 0. The van der Waals surface area contributed by atoms with Crippen molar-refractivity contribution in [3.05, 3.63) is 6.92 Å².